The van der Waals surface area contributed by atoms with Gasteiger partial charge in [-0.25, -0.2) is 9.59 Å². The van der Waals surface area contributed by atoms with Crippen molar-refractivity contribution in [2.75, 3.05) is 19.8 Å². The monoisotopic (exact) mass is 372 g/mol. The van der Waals surface area contributed by atoms with Crippen LogP contribution in [-0.4, -0.2) is 71.2 Å². The van der Waals surface area contributed by atoms with E-state index in [4.69, 9.17) is 29.5 Å². The normalized spacial score (nSPS) is 20.2. The molecule has 0 radical (unpaired) electrons. The molecule has 2 fully saturated rings. The molecule has 0 aromatic heterocycles. The third-order valence-electron chi connectivity index (χ3n) is 3.10. The first-order valence-corrected chi connectivity index (χ1v) is 7.63. The minimum atomic E-state index is -1.18. The Labute approximate surface area is 148 Å². The largest absolute Gasteiger partial charge is 0.481 e. The van der Waals surface area contributed by atoms with Crippen molar-refractivity contribution < 1.29 is 48.7 Å². The van der Waals surface area contributed by atoms with Gasteiger partial charge in [0.2, 0.25) is 0 Å². The lowest BCUT2D eigenvalue weighted by molar-refractivity contribution is -0.143. The van der Waals surface area contributed by atoms with Gasteiger partial charge in [-0.3, -0.25) is 9.59 Å². The van der Waals surface area contributed by atoms with Crippen molar-refractivity contribution in [2.24, 2.45) is 0 Å². The maximum Gasteiger partial charge on any atom is 0.334 e. The lowest BCUT2D eigenvalue weighted by Crippen LogP contribution is -2.13. The summed E-state index contributed by atoms with van der Waals surface area (Å²) in [6.07, 6.45) is 1.14. The van der Waals surface area contributed by atoms with Crippen LogP contribution in [-0.2, 0) is 33.4 Å². The summed E-state index contributed by atoms with van der Waals surface area (Å²) in [6.45, 7) is 4.71. The summed E-state index contributed by atoms with van der Waals surface area (Å²) >= 11 is 0. The molecule has 3 N–H and O–H groups in total. The summed E-state index contributed by atoms with van der Waals surface area (Å²) < 4.78 is 14.4. The molecule has 0 amide bonds. The Hall–Kier alpha value is -2.72. The van der Waals surface area contributed by atoms with Gasteiger partial charge in [0.1, 0.15) is 12.7 Å². The van der Waals surface area contributed by atoms with Gasteiger partial charge in [-0.15, -0.1) is 0 Å². The van der Waals surface area contributed by atoms with Gasteiger partial charge in [-0.2, -0.15) is 0 Å². The third-order valence-corrected chi connectivity index (χ3v) is 3.10. The van der Waals surface area contributed by atoms with E-state index in [9.17, 15) is 19.2 Å². The second-order valence-electron chi connectivity index (χ2n) is 5.52. The Morgan fingerprint density at radius 3 is 1.96 bits per heavy atom. The Morgan fingerprint density at radius 2 is 1.54 bits per heavy atom. The highest BCUT2D eigenvalue weighted by atomic mass is 16.6. The molecule has 10 heteroatoms. The van der Waals surface area contributed by atoms with Crippen LogP contribution in [0.5, 0.6) is 0 Å². The molecule has 0 bridgehead atoms. The van der Waals surface area contributed by atoms with Crippen molar-refractivity contribution in [1.82, 2.24) is 0 Å². The fraction of sp³-hybridized carbons (Fsp3) is 0.500. The average molecular weight is 372 g/mol. The van der Waals surface area contributed by atoms with E-state index in [1.54, 1.807) is 0 Å². The number of aliphatic carboxylic acids is 3. The van der Waals surface area contributed by atoms with E-state index in [0.29, 0.717) is 19.6 Å². The van der Waals surface area contributed by atoms with Gasteiger partial charge in [-0.05, 0) is 6.42 Å². The van der Waals surface area contributed by atoms with Gasteiger partial charge in [0, 0.05) is 11.1 Å². The average Bonchev–Trinajstić information content (AvgIpc) is 3.43. The summed E-state index contributed by atoms with van der Waals surface area (Å²) in [5.74, 6) is -4.07. The highest BCUT2D eigenvalue weighted by molar-refractivity contribution is 5.93. The second-order valence-corrected chi connectivity index (χ2v) is 5.52. The van der Waals surface area contributed by atoms with Crippen molar-refractivity contribution in [2.45, 2.75) is 31.5 Å². The molecule has 2 atom stereocenters. The van der Waals surface area contributed by atoms with Gasteiger partial charge in [0.15, 0.2) is 0 Å². The lowest BCUT2D eigenvalue weighted by atomic mass is 10.1. The van der Waals surface area contributed by atoms with E-state index in [2.05, 4.69) is 6.58 Å². The van der Waals surface area contributed by atoms with E-state index in [-0.39, 0.29) is 36.4 Å². The predicted molar refractivity (Wildman–Crippen MR) is 84.4 cm³/mol. The lowest BCUT2D eigenvalue weighted by Gasteiger charge is -2.02. The van der Waals surface area contributed by atoms with Crippen molar-refractivity contribution in [1.29, 1.82) is 0 Å². The maximum absolute atomic E-state index is 11.0. The number of carboxylic acid groups (broad SMARTS) is 3. The second kappa shape index (κ2) is 10.3. The number of carboxylic acids is 3. The molecule has 2 saturated heterocycles. The van der Waals surface area contributed by atoms with Crippen LogP contribution >= 0.6 is 0 Å². The summed E-state index contributed by atoms with van der Waals surface area (Å²) in [5, 5.41) is 25.3. The quantitative estimate of drug-likeness (QED) is 0.274. The summed E-state index contributed by atoms with van der Waals surface area (Å²) in [5.41, 5.74) is -0.129. The zero-order valence-corrected chi connectivity index (χ0v) is 13.9. The van der Waals surface area contributed by atoms with Crippen LogP contribution in [0.3, 0.4) is 0 Å². The third kappa shape index (κ3) is 10.2. The number of epoxide rings is 2. The molecule has 2 aliphatic rings. The molecule has 144 valence electrons. The van der Waals surface area contributed by atoms with E-state index >= 15 is 0 Å². The number of rotatable bonds is 10. The zero-order chi connectivity index (χ0) is 19.7. The van der Waals surface area contributed by atoms with Crippen molar-refractivity contribution >= 4 is 23.9 Å². The van der Waals surface area contributed by atoms with Gasteiger partial charge >= 0.3 is 23.9 Å². The van der Waals surface area contributed by atoms with Crippen molar-refractivity contribution in [3.05, 3.63) is 23.8 Å². The van der Waals surface area contributed by atoms with Crippen LogP contribution in [0.25, 0.3) is 0 Å². The van der Waals surface area contributed by atoms with Gasteiger partial charge in [0.25, 0.3) is 0 Å². The first-order valence-electron chi connectivity index (χ1n) is 7.63. The first kappa shape index (κ1) is 21.3. The predicted octanol–water partition coefficient (Wildman–Crippen LogP) is 0.220. The minimum absolute atomic E-state index is 0.0124. The maximum atomic E-state index is 11.0. The molecule has 2 heterocycles. The Kier molecular flexibility index (Phi) is 8.46. The van der Waals surface area contributed by atoms with Gasteiger partial charge in [-0.1, -0.05) is 12.7 Å². The molecular formula is C16H20O10. The molecule has 26 heavy (non-hydrogen) atoms. The fourth-order valence-corrected chi connectivity index (χ4v) is 1.57. The zero-order valence-electron chi connectivity index (χ0n) is 13.9. The van der Waals surface area contributed by atoms with E-state index in [0.717, 1.165) is 0 Å². The number of carbonyl (C=O) groups is 4. The fourth-order valence-electron chi connectivity index (χ4n) is 1.57. The van der Waals surface area contributed by atoms with E-state index in [1.807, 2.05) is 0 Å². The van der Waals surface area contributed by atoms with Crippen LogP contribution in [0.1, 0.15) is 19.3 Å². The van der Waals surface area contributed by atoms with Crippen LogP contribution < -0.4 is 0 Å². The molecule has 0 spiro atoms. The van der Waals surface area contributed by atoms with E-state index < -0.39 is 30.3 Å². The van der Waals surface area contributed by atoms with Crippen LogP contribution in [0.4, 0.5) is 0 Å². The molecule has 0 aromatic carbocycles. The summed E-state index contributed by atoms with van der Waals surface area (Å²) in [6, 6.07) is 0. The smallest absolute Gasteiger partial charge is 0.334 e. The molecule has 0 aromatic rings. The van der Waals surface area contributed by atoms with Crippen LogP contribution in [0.2, 0.25) is 0 Å². The molecule has 2 unspecified atom stereocenters. The van der Waals surface area contributed by atoms with Crippen LogP contribution in [0, 0.1) is 0 Å². The number of hydrogen-bond acceptors (Lipinski definition) is 7. The molecule has 0 aliphatic carbocycles. The van der Waals surface area contributed by atoms with Crippen LogP contribution in [0.15, 0.2) is 23.8 Å². The highest BCUT2D eigenvalue weighted by Gasteiger charge is 2.25. The van der Waals surface area contributed by atoms with Gasteiger partial charge < -0.3 is 29.5 Å². The topological polar surface area (TPSA) is 163 Å². The molecular weight excluding hydrogens is 352 g/mol. The number of esters is 1. The van der Waals surface area contributed by atoms with E-state index in [1.165, 1.54) is 6.08 Å². The van der Waals surface area contributed by atoms with Crippen molar-refractivity contribution in [3.63, 3.8) is 0 Å². The molecule has 2 rings (SSSR count). The standard InChI is InChI=1S/2C8H10O5/c1-5(2-7(9)10)8(11)13-4-6-3-12-6;9-7(10)3-5(8(11)12)1-2-6-4-13-6/h6H,1-4H2,(H,9,10);1,6H,2-4H2,(H,9,10)(H,11,12). The number of hydrogen-bond donors (Lipinski definition) is 3. The molecule has 10 nitrogen and oxygen atoms in total. The highest BCUT2D eigenvalue weighted by Crippen LogP contribution is 2.16. The molecule has 0 saturated carbocycles. The SMILES string of the molecule is C=C(CC(=O)O)C(=O)OCC1CO1.O=C(O)CC(=CCC1CO1)C(=O)O. The molecule has 2 aliphatic heterocycles. The Balaban J connectivity index is 0.000000260. The summed E-state index contributed by atoms with van der Waals surface area (Å²) in [4.78, 5) is 41.9. The number of carbonyl (C=O) groups excluding carboxylic acids is 1. The number of ether oxygens (including phenoxy) is 3. The summed E-state index contributed by atoms with van der Waals surface area (Å²) in [7, 11) is 0. The van der Waals surface area contributed by atoms with Crippen molar-refractivity contribution in [3.8, 4) is 0 Å². The van der Waals surface area contributed by atoms with Gasteiger partial charge in [0.05, 0.1) is 32.2 Å². The first-order chi connectivity index (χ1) is 12.2. The Morgan fingerprint density at radius 1 is 1.00 bits per heavy atom. The Bertz CT molecular complexity index is 598. The minimum Gasteiger partial charge on any atom is -0.481 e.